The Balaban J connectivity index is 1.57. The molecule has 4 rings (SSSR count). The minimum absolute atomic E-state index is 0.0309. The molecule has 3 atom stereocenters. The van der Waals surface area contributed by atoms with Gasteiger partial charge in [0.2, 0.25) is 5.91 Å². The van der Waals surface area contributed by atoms with E-state index < -0.39 is 0 Å². The lowest BCUT2D eigenvalue weighted by Crippen LogP contribution is -2.34. The first-order valence-corrected chi connectivity index (χ1v) is 9.68. The molecule has 0 aliphatic carbocycles. The average molecular weight is 392 g/mol. The van der Waals surface area contributed by atoms with Crippen LogP contribution in [-0.4, -0.2) is 34.4 Å². The Hall–Kier alpha value is -3.19. The van der Waals surface area contributed by atoms with Gasteiger partial charge in [0.1, 0.15) is 17.5 Å². The molecule has 0 saturated carbocycles. The molecule has 0 bridgehead atoms. The topological polar surface area (TPSA) is 78.3 Å². The monoisotopic (exact) mass is 392 g/mol. The number of para-hydroxylation sites is 2. The highest BCUT2D eigenvalue weighted by atomic mass is 16.5. The second kappa shape index (κ2) is 8.45. The van der Waals surface area contributed by atoms with E-state index in [0.717, 1.165) is 16.9 Å². The SMILES string of the molecule is COc1ccccc1-n1nccc1[C@H]1OCC[C@@H]1C(=O)NC(C)c1cccnc1. The van der Waals surface area contributed by atoms with E-state index in [4.69, 9.17) is 9.47 Å². The molecular weight excluding hydrogens is 368 g/mol. The van der Waals surface area contributed by atoms with E-state index in [1.807, 2.05) is 49.4 Å². The summed E-state index contributed by atoms with van der Waals surface area (Å²) in [6.07, 6.45) is 5.50. The number of carbonyl (C=O) groups excluding carboxylic acids is 1. The maximum Gasteiger partial charge on any atom is 0.226 e. The van der Waals surface area contributed by atoms with Gasteiger partial charge in [0.15, 0.2) is 0 Å². The third kappa shape index (κ3) is 3.86. The van der Waals surface area contributed by atoms with E-state index in [9.17, 15) is 4.79 Å². The van der Waals surface area contributed by atoms with Crippen LogP contribution < -0.4 is 10.1 Å². The van der Waals surface area contributed by atoms with E-state index in [0.29, 0.717) is 18.8 Å². The summed E-state index contributed by atoms with van der Waals surface area (Å²) in [6, 6.07) is 13.2. The van der Waals surface area contributed by atoms with Gasteiger partial charge in [-0.1, -0.05) is 18.2 Å². The van der Waals surface area contributed by atoms with Crippen LogP contribution in [0.2, 0.25) is 0 Å². The van der Waals surface area contributed by atoms with Crippen molar-refractivity contribution in [3.05, 3.63) is 72.3 Å². The molecule has 3 heterocycles. The molecule has 1 aliphatic heterocycles. The second-order valence-corrected chi connectivity index (χ2v) is 7.04. The Bertz CT molecular complexity index is 973. The quantitative estimate of drug-likeness (QED) is 0.697. The number of amides is 1. The van der Waals surface area contributed by atoms with Gasteiger partial charge in [0, 0.05) is 25.2 Å². The van der Waals surface area contributed by atoms with E-state index >= 15 is 0 Å². The summed E-state index contributed by atoms with van der Waals surface area (Å²) in [4.78, 5) is 17.2. The van der Waals surface area contributed by atoms with Crippen LogP contribution in [0.5, 0.6) is 5.75 Å². The lowest BCUT2D eigenvalue weighted by Gasteiger charge is -2.22. The third-order valence-corrected chi connectivity index (χ3v) is 5.25. The first-order valence-electron chi connectivity index (χ1n) is 9.68. The van der Waals surface area contributed by atoms with Crippen molar-refractivity contribution in [3.63, 3.8) is 0 Å². The van der Waals surface area contributed by atoms with Crippen molar-refractivity contribution in [2.75, 3.05) is 13.7 Å². The number of pyridine rings is 1. The molecule has 1 aromatic carbocycles. The number of nitrogens with zero attached hydrogens (tertiary/aromatic N) is 3. The van der Waals surface area contributed by atoms with Crippen LogP contribution in [0, 0.1) is 5.92 Å². The van der Waals surface area contributed by atoms with Crippen molar-refractivity contribution in [1.82, 2.24) is 20.1 Å². The predicted octanol–water partition coefficient (Wildman–Crippen LogP) is 3.23. The third-order valence-electron chi connectivity index (χ3n) is 5.25. The fourth-order valence-corrected chi connectivity index (χ4v) is 3.72. The minimum atomic E-state index is -0.372. The summed E-state index contributed by atoms with van der Waals surface area (Å²) in [6.45, 7) is 2.49. The lowest BCUT2D eigenvalue weighted by molar-refractivity contribution is -0.127. The average Bonchev–Trinajstić information content (AvgIpc) is 3.43. The van der Waals surface area contributed by atoms with Crippen LogP contribution in [0.1, 0.15) is 36.7 Å². The summed E-state index contributed by atoms with van der Waals surface area (Å²) < 4.78 is 13.2. The normalized spacial score (nSPS) is 19.7. The smallest absolute Gasteiger partial charge is 0.226 e. The van der Waals surface area contributed by atoms with Crippen LogP contribution in [0.4, 0.5) is 0 Å². The van der Waals surface area contributed by atoms with Crippen LogP contribution in [-0.2, 0) is 9.53 Å². The fourth-order valence-electron chi connectivity index (χ4n) is 3.72. The number of carbonyl (C=O) groups is 1. The number of ether oxygens (including phenoxy) is 2. The van der Waals surface area contributed by atoms with Crippen LogP contribution in [0.15, 0.2) is 61.1 Å². The maximum atomic E-state index is 13.0. The van der Waals surface area contributed by atoms with Gasteiger partial charge in [-0.3, -0.25) is 9.78 Å². The van der Waals surface area contributed by atoms with Crippen molar-refractivity contribution in [2.45, 2.75) is 25.5 Å². The zero-order valence-corrected chi connectivity index (χ0v) is 16.5. The van der Waals surface area contributed by atoms with E-state index in [-0.39, 0.29) is 24.0 Å². The number of methoxy groups -OCH3 is 1. The van der Waals surface area contributed by atoms with Crippen molar-refractivity contribution in [2.24, 2.45) is 5.92 Å². The molecule has 150 valence electrons. The molecule has 29 heavy (non-hydrogen) atoms. The minimum Gasteiger partial charge on any atom is -0.494 e. The highest BCUT2D eigenvalue weighted by Gasteiger charge is 2.38. The number of rotatable bonds is 6. The Morgan fingerprint density at radius 3 is 2.90 bits per heavy atom. The van der Waals surface area contributed by atoms with Crippen molar-refractivity contribution < 1.29 is 14.3 Å². The summed E-state index contributed by atoms with van der Waals surface area (Å²) in [5, 5.41) is 7.56. The van der Waals surface area contributed by atoms with Crippen molar-refractivity contribution in [3.8, 4) is 11.4 Å². The molecule has 1 unspecified atom stereocenters. The Labute approximate surface area is 169 Å². The number of nitrogens with one attached hydrogen (secondary N) is 1. The maximum absolute atomic E-state index is 13.0. The first kappa shape index (κ1) is 19.1. The molecule has 0 spiro atoms. The highest BCUT2D eigenvalue weighted by molar-refractivity contribution is 5.80. The Morgan fingerprint density at radius 1 is 1.24 bits per heavy atom. The van der Waals surface area contributed by atoms with Gasteiger partial charge in [-0.05, 0) is 43.2 Å². The largest absolute Gasteiger partial charge is 0.494 e. The molecule has 1 N–H and O–H groups in total. The number of hydrogen-bond donors (Lipinski definition) is 1. The molecule has 7 heteroatoms. The van der Waals surface area contributed by atoms with E-state index in [1.54, 1.807) is 30.4 Å². The molecular formula is C22H24N4O3. The van der Waals surface area contributed by atoms with Gasteiger partial charge in [0.25, 0.3) is 0 Å². The number of benzene rings is 1. The van der Waals surface area contributed by atoms with Gasteiger partial charge < -0.3 is 14.8 Å². The molecule has 0 radical (unpaired) electrons. The van der Waals surface area contributed by atoms with Crippen LogP contribution in [0.25, 0.3) is 5.69 Å². The molecule has 2 aromatic heterocycles. The summed E-state index contributed by atoms with van der Waals surface area (Å²) in [5.41, 5.74) is 2.62. The lowest BCUT2D eigenvalue weighted by atomic mass is 9.97. The van der Waals surface area contributed by atoms with E-state index in [2.05, 4.69) is 15.4 Å². The standard InChI is InChI=1S/C22H24N4O3/c1-15(16-6-5-11-23-14-16)25-22(27)17-10-13-29-21(17)19-9-12-24-26(19)18-7-3-4-8-20(18)28-2/h3-9,11-12,14-15,17,21H,10,13H2,1-2H3,(H,25,27)/t15?,17-,21-/m0/s1. The van der Waals surface area contributed by atoms with Gasteiger partial charge in [-0.15, -0.1) is 0 Å². The molecule has 1 saturated heterocycles. The van der Waals surface area contributed by atoms with Gasteiger partial charge >= 0.3 is 0 Å². The number of aromatic nitrogens is 3. The van der Waals surface area contributed by atoms with Crippen LogP contribution >= 0.6 is 0 Å². The van der Waals surface area contributed by atoms with E-state index in [1.165, 1.54) is 0 Å². The van der Waals surface area contributed by atoms with Gasteiger partial charge in [0.05, 0.1) is 24.8 Å². The number of hydrogen-bond acceptors (Lipinski definition) is 5. The van der Waals surface area contributed by atoms with Crippen LogP contribution in [0.3, 0.4) is 0 Å². The summed E-state index contributed by atoms with van der Waals surface area (Å²) in [7, 11) is 1.63. The summed E-state index contributed by atoms with van der Waals surface area (Å²) in [5.74, 6) is 0.387. The highest BCUT2D eigenvalue weighted by Crippen LogP contribution is 2.37. The van der Waals surface area contributed by atoms with Crippen molar-refractivity contribution >= 4 is 5.91 Å². The molecule has 1 aliphatic rings. The van der Waals surface area contributed by atoms with Gasteiger partial charge in [-0.2, -0.15) is 5.10 Å². The first-order chi connectivity index (χ1) is 14.2. The molecule has 3 aromatic rings. The zero-order valence-electron chi connectivity index (χ0n) is 16.5. The van der Waals surface area contributed by atoms with Gasteiger partial charge in [-0.25, -0.2) is 4.68 Å². The Morgan fingerprint density at radius 2 is 2.10 bits per heavy atom. The Kier molecular flexibility index (Phi) is 5.57. The zero-order chi connectivity index (χ0) is 20.2. The van der Waals surface area contributed by atoms with Crippen molar-refractivity contribution in [1.29, 1.82) is 0 Å². The second-order valence-electron chi connectivity index (χ2n) is 7.04. The molecule has 1 fully saturated rings. The fraction of sp³-hybridized carbons (Fsp3) is 0.318. The molecule has 1 amide bonds. The molecule has 7 nitrogen and oxygen atoms in total. The predicted molar refractivity (Wildman–Crippen MR) is 108 cm³/mol. The summed E-state index contributed by atoms with van der Waals surface area (Å²) >= 11 is 0.